The van der Waals surface area contributed by atoms with Crippen LogP contribution in [-0.2, 0) is 4.79 Å². The number of hydrogen-bond acceptors (Lipinski definition) is 4. The van der Waals surface area contributed by atoms with Crippen molar-refractivity contribution in [2.45, 2.75) is 19.4 Å². The van der Waals surface area contributed by atoms with Crippen LogP contribution in [0.1, 0.15) is 18.9 Å². The molecule has 0 heterocycles. The number of hydrazone groups is 1. The van der Waals surface area contributed by atoms with E-state index in [1.807, 2.05) is 31.2 Å². The van der Waals surface area contributed by atoms with Crippen molar-refractivity contribution in [1.29, 1.82) is 0 Å². The van der Waals surface area contributed by atoms with Crippen LogP contribution in [0.5, 0.6) is 5.75 Å². The molecule has 2 rings (SSSR count). The molecule has 0 unspecified atom stereocenters. The normalized spacial score (nSPS) is 12.0. The van der Waals surface area contributed by atoms with Crippen molar-refractivity contribution in [3.8, 4) is 5.75 Å². The van der Waals surface area contributed by atoms with E-state index < -0.39 is 6.04 Å². The third kappa shape index (κ3) is 5.37. The van der Waals surface area contributed by atoms with Gasteiger partial charge in [0.15, 0.2) is 0 Å². The molecule has 7 heteroatoms. The SMILES string of the molecule is CC[C@H](Nc1ccccc1OC)C(=O)NN=Cc1ccc(Cl)cc1Cl. The Balaban J connectivity index is 2.01. The fourth-order valence-electron chi connectivity index (χ4n) is 2.15. The van der Waals surface area contributed by atoms with Gasteiger partial charge in [0, 0.05) is 10.6 Å². The fourth-order valence-corrected chi connectivity index (χ4v) is 2.61. The van der Waals surface area contributed by atoms with Gasteiger partial charge in [0.05, 0.1) is 24.0 Å². The summed E-state index contributed by atoms with van der Waals surface area (Å²) in [5, 5.41) is 8.13. The van der Waals surface area contributed by atoms with Crippen molar-refractivity contribution in [2.24, 2.45) is 5.10 Å². The maximum absolute atomic E-state index is 12.3. The number of carbonyl (C=O) groups is 1. The second-order valence-corrected chi connectivity index (χ2v) is 6.05. The number of benzene rings is 2. The van der Waals surface area contributed by atoms with Crippen LogP contribution in [0.4, 0.5) is 5.69 Å². The van der Waals surface area contributed by atoms with E-state index in [4.69, 9.17) is 27.9 Å². The molecule has 0 fully saturated rings. The van der Waals surface area contributed by atoms with Crippen LogP contribution in [0.2, 0.25) is 10.0 Å². The van der Waals surface area contributed by atoms with Gasteiger partial charge in [-0.25, -0.2) is 5.43 Å². The van der Waals surface area contributed by atoms with Crippen molar-refractivity contribution in [3.63, 3.8) is 0 Å². The van der Waals surface area contributed by atoms with Crippen LogP contribution >= 0.6 is 23.2 Å². The largest absolute Gasteiger partial charge is 0.495 e. The van der Waals surface area contributed by atoms with Crippen molar-refractivity contribution in [2.75, 3.05) is 12.4 Å². The number of ether oxygens (including phenoxy) is 1. The molecule has 0 saturated heterocycles. The second kappa shape index (κ2) is 9.30. The maximum Gasteiger partial charge on any atom is 0.262 e. The molecule has 132 valence electrons. The molecular formula is C18H19Cl2N3O2. The van der Waals surface area contributed by atoms with Crippen LogP contribution in [0, 0.1) is 0 Å². The van der Waals surface area contributed by atoms with Crippen molar-refractivity contribution < 1.29 is 9.53 Å². The number of amides is 1. The third-order valence-electron chi connectivity index (χ3n) is 3.50. The molecule has 2 N–H and O–H groups in total. The number of methoxy groups -OCH3 is 1. The number of carbonyl (C=O) groups excluding carboxylic acids is 1. The maximum atomic E-state index is 12.3. The number of nitrogens with zero attached hydrogens (tertiary/aromatic N) is 1. The Morgan fingerprint density at radius 3 is 2.72 bits per heavy atom. The summed E-state index contributed by atoms with van der Waals surface area (Å²) < 4.78 is 5.28. The van der Waals surface area contributed by atoms with Gasteiger partial charge in [-0.15, -0.1) is 0 Å². The molecule has 0 radical (unpaired) electrons. The molecule has 0 bridgehead atoms. The Kier molecular flexibility index (Phi) is 7.10. The molecule has 0 spiro atoms. The third-order valence-corrected chi connectivity index (χ3v) is 4.06. The zero-order chi connectivity index (χ0) is 18.2. The molecular weight excluding hydrogens is 361 g/mol. The number of para-hydroxylation sites is 2. The molecule has 2 aromatic rings. The average molecular weight is 380 g/mol. The van der Waals surface area contributed by atoms with E-state index in [9.17, 15) is 4.79 Å². The van der Waals surface area contributed by atoms with Gasteiger partial charge in [0.25, 0.3) is 5.91 Å². The Labute approximate surface area is 157 Å². The molecule has 2 aromatic carbocycles. The van der Waals surface area contributed by atoms with E-state index >= 15 is 0 Å². The summed E-state index contributed by atoms with van der Waals surface area (Å²) in [6, 6.07) is 12.0. The van der Waals surface area contributed by atoms with Crippen LogP contribution in [0.3, 0.4) is 0 Å². The Bertz CT molecular complexity index is 766. The summed E-state index contributed by atoms with van der Waals surface area (Å²) in [6.45, 7) is 1.91. The van der Waals surface area contributed by atoms with Gasteiger partial charge in [-0.1, -0.05) is 48.3 Å². The van der Waals surface area contributed by atoms with Crippen LogP contribution in [0.25, 0.3) is 0 Å². The molecule has 0 aromatic heterocycles. The summed E-state index contributed by atoms with van der Waals surface area (Å²) >= 11 is 11.9. The fraction of sp³-hybridized carbons (Fsp3) is 0.222. The van der Waals surface area contributed by atoms with Gasteiger partial charge in [0.1, 0.15) is 11.8 Å². The number of anilines is 1. The van der Waals surface area contributed by atoms with E-state index in [0.29, 0.717) is 27.8 Å². The predicted octanol–water partition coefficient (Wildman–Crippen LogP) is 4.34. The molecule has 0 aliphatic rings. The van der Waals surface area contributed by atoms with E-state index in [1.54, 1.807) is 25.3 Å². The highest BCUT2D eigenvalue weighted by Gasteiger charge is 2.17. The Morgan fingerprint density at radius 1 is 1.28 bits per heavy atom. The molecule has 1 amide bonds. The lowest BCUT2D eigenvalue weighted by atomic mass is 10.2. The first-order valence-corrected chi connectivity index (χ1v) is 8.48. The first-order valence-electron chi connectivity index (χ1n) is 7.72. The minimum Gasteiger partial charge on any atom is -0.495 e. The van der Waals surface area contributed by atoms with E-state index in [1.165, 1.54) is 6.21 Å². The van der Waals surface area contributed by atoms with Gasteiger partial charge in [0.2, 0.25) is 0 Å². The number of hydrogen-bond donors (Lipinski definition) is 2. The zero-order valence-corrected chi connectivity index (χ0v) is 15.4. The minimum atomic E-state index is -0.450. The highest BCUT2D eigenvalue weighted by molar-refractivity contribution is 6.36. The monoisotopic (exact) mass is 379 g/mol. The van der Waals surface area contributed by atoms with E-state index in [-0.39, 0.29) is 5.91 Å². The van der Waals surface area contributed by atoms with Gasteiger partial charge in [-0.3, -0.25) is 4.79 Å². The standard InChI is InChI=1S/C18H19Cl2N3O2/c1-3-15(22-16-6-4-5-7-17(16)25-2)18(24)23-21-11-12-8-9-13(19)10-14(12)20/h4-11,15,22H,3H2,1-2H3,(H,23,24)/t15-/m0/s1. The topological polar surface area (TPSA) is 62.7 Å². The predicted molar refractivity (Wildman–Crippen MR) is 103 cm³/mol. The lowest BCUT2D eigenvalue weighted by Crippen LogP contribution is -2.37. The summed E-state index contributed by atoms with van der Waals surface area (Å²) in [5.74, 6) is 0.417. The number of rotatable bonds is 7. The van der Waals surface area contributed by atoms with Gasteiger partial charge >= 0.3 is 0 Å². The quantitative estimate of drug-likeness (QED) is 0.555. The van der Waals surface area contributed by atoms with Crippen LogP contribution in [0.15, 0.2) is 47.6 Å². The highest BCUT2D eigenvalue weighted by atomic mass is 35.5. The first kappa shape index (κ1) is 19.1. The first-order chi connectivity index (χ1) is 12.0. The van der Waals surface area contributed by atoms with E-state index in [2.05, 4.69) is 15.8 Å². The molecule has 1 atom stereocenters. The second-order valence-electron chi connectivity index (χ2n) is 5.21. The minimum absolute atomic E-state index is 0.255. The van der Waals surface area contributed by atoms with E-state index in [0.717, 1.165) is 5.69 Å². The van der Waals surface area contributed by atoms with Crippen molar-refractivity contribution >= 4 is 41.0 Å². The number of halogens is 2. The zero-order valence-electron chi connectivity index (χ0n) is 13.9. The molecule has 0 saturated carbocycles. The lowest BCUT2D eigenvalue weighted by Gasteiger charge is -2.18. The Hall–Kier alpha value is -2.24. The molecule has 25 heavy (non-hydrogen) atoms. The molecule has 0 aliphatic carbocycles. The summed E-state index contributed by atoms with van der Waals surface area (Å²) in [4.78, 5) is 12.3. The van der Waals surface area contributed by atoms with Crippen LogP contribution < -0.4 is 15.5 Å². The lowest BCUT2D eigenvalue weighted by molar-refractivity contribution is -0.121. The van der Waals surface area contributed by atoms with Gasteiger partial charge < -0.3 is 10.1 Å². The molecule has 0 aliphatic heterocycles. The van der Waals surface area contributed by atoms with Gasteiger partial charge in [-0.2, -0.15) is 5.10 Å². The highest BCUT2D eigenvalue weighted by Crippen LogP contribution is 2.24. The smallest absolute Gasteiger partial charge is 0.262 e. The Morgan fingerprint density at radius 2 is 2.04 bits per heavy atom. The average Bonchev–Trinajstić information content (AvgIpc) is 2.61. The van der Waals surface area contributed by atoms with Crippen LogP contribution in [-0.4, -0.2) is 25.3 Å². The van der Waals surface area contributed by atoms with Crippen molar-refractivity contribution in [1.82, 2.24) is 5.43 Å². The molecule has 5 nitrogen and oxygen atoms in total. The summed E-state index contributed by atoms with van der Waals surface area (Å²) in [6.07, 6.45) is 2.06. The van der Waals surface area contributed by atoms with Gasteiger partial charge in [-0.05, 0) is 30.7 Å². The summed E-state index contributed by atoms with van der Waals surface area (Å²) in [7, 11) is 1.59. The number of nitrogens with one attached hydrogen (secondary N) is 2. The van der Waals surface area contributed by atoms with Crippen molar-refractivity contribution in [3.05, 3.63) is 58.1 Å². The summed E-state index contributed by atoms with van der Waals surface area (Å²) in [5.41, 5.74) is 3.93.